The van der Waals surface area contributed by atoms with Gasteiger partial charge < -0.3 is 9.47 Å². The van der Waals surface area contributed by atoms with Gasteiger partial charge in [0.05, 0.1) is 17.4 Å². The van der Waals surface area contributed by atoms with Crippen LogP contribution in [0.25, 0.3) is 11.0 Å². The molecule has 1 aromatic heterocycles. The fraction of sp³-hybridized carbons (Fsp3) is 0.435. The Morgan fingerprint density at radius 1 is 0.885 bits per heavy atom. The van der Waals surface area contributed by atoms with Crippen LogP contribution < -0.4 is 0 Å². The van der Waals surface area contributed by atoms with Crippen molar-refractivity contribution in [1.29, 1.82) is 0 Å². The highest BCUT2D eigenvalue weighted by atomic mass is 15.1. The van der Waals surface area contributed by atoms with Crippen LogP contribution in [-0.4, -0.2) is 34.1 Å². The lowest BCUT2D eigenvalue weighted by Crippen LogP contribution is -2.34. The van der Waals surface area contributed by atoms with Crippen LogP contribution in [0.5, 0.6) is 0 Å². The zero-order chi connectivity index (χ0) is 17.6. The molecule has 0 unspecified atom stereocenters. The Bertz CT molecular complexity index is 800. The van der Waals surface area contributed by atoms with Gasteiger partial charge in [-0.05, 0) is 75.4 Å². The van der Waals surface area contributed by atoms with Crippen molar-refractivity contribution in [3.63, 3.8) is 0 Å². The average Bonchev–Trinajstić information content (AvgIpc) is 3.11. The van der Waals surface area contributed by atoms with E-state index in [1.54, 1.807) is 0 Å². The number of fused-ring (bicyclic) bond motifs is 1. The molecule has 3 nitrogen and oxygen atoms in total. The molecule has 0 N–H and O–H groups in total. The quantitative estimate of drug-likeness (QED) is 0.614. The predicted octanol–water partition coefficient (Wildman–Crippen LogP) is 4.77. The summed E-state index contributed by atoms with van der Waals surface area (Å²) in [5.41, 5.74) is 3.85. The van der Waals surface area contributed by atoms with Crippen molar-refractivity contribution in [1.82, 2.24) is 14.5 Å². The molecule has 2 aromatic carbocycles. The van der Waals surface area contributed by atoms with E-state index in [-0.39, 0.29) is 0 Å². The number of likely N-dealkylation sites (tertiary alicyclic amines) is 1. The van der Waals surface area contributed by atoms with Crippen LogP contribution in [-0.2, 0) is 13.0 Å². The van der Waals surface area contributed by atoms with E-state index in [0.29, 0.717) is 0 Å². The predicted molar refractivity (Wildman–Crippen MR) is 108 cm³/mol. The van der Waals surface area contributed by atoms with Crippen LogP contribution in [0.4, 0.5) is 0 Å². The molecule has 3 aromatic rings. The Hall–Kier alpha value is -2.13. The Kier molecular flexibility index (Phi) is 5.65. The van der Waals surface area contributed by atoms with Gasteiger partial charge in [0, 0.05) is 6.54 Å². The summed E-state index contributed by atoms with van der Waals surface area (Å²) < 4.78 is 2.32. The second-order valence-electron chi connectivity index (χ2n) is 7.59. The molecule has 136 valence electrons. The van der Waals surface area contributed by atoms with E-state index >= 15 is 0 Å². The zero-order valence-corrected chi connectivity index (χ0v) is 15.6. The number of para-hydroxylation sites is 2. The molecule has 0 atom stereocenters. The molecule has 1 aliphatic rings. The van der Waals surface area contributed by atoms with E-state index in [2.05, 4.69) is 69.0 Å². The highest BCUT2D eigenvalue weighted by Crippen LogP contribution is 2.22. The number of imidazole rings is 1. The monoisotopic (exact) mass is 347 g/mol. The minimum atomic E-state index is 0.863. The number of hydrogen-bond donors (Lipinski definition) is 0. The third kappa shape index (κ3) is 4.34. The van der Waals surface area contributed by atoms with Gasteiger partial charge in [-0.2, -0.15) is 0 Å². The summed E-state index contributed by atoms with van der Waals surface area (Å²) in [6.45, 7) is 4.88. The smallest absolute Gasteiger partial charge is 0.0958 e. The van der Waals surface area contributed by atoms with Gasteiger partial charge in [-0.3, -0.25) is 0 Å². The molecule has 0 aliphatic carbocycles. The Labute approximate surface area is 156 Å². The zero-order valence-electron chi connectivity index (χ0n) is 15.6. The highest BCUT2D eigenvalue weighted by Gasteiger charge is 2.19. The van der Waals surface area contributed by atoms with Crippen molar-refractivity contribution < 1.29 is 0 Å². The number of hydrogen-bond acceptors (Lipinski definition) is 2. The Balaban J connectivity index is 1.18. The molecule has 0 saturated carbocycles. The van der Waals surface area contributed by atoms with Crippen molar-refractivity contribution >= 4 is 11.0 Å². The first-order valence-electron chi connectivity index (χ1n) is 10.0. The van der Waals surface area contributed by atoms with E-state index in [4.69, 9.17) is 0 Å². The van der Waals surface area contributed by atoms with Gasteiger partial charge in [-0.25, -0.2) is 4.98 Å². The van der Waals surface area contributed by atoms with E-state index in [0.717, 1.165) is 18.0 Å². The molecule has 1 aliphatic heterocycles. The van der Waals surface area contributed by atoms with Crippen molar-refractivity contribution in [2.75, 3.05) is 19.6 Å². The van der Waals surface area contributed by atoms with Gasteiger partial charge in [0.2, 0.25) is 0 Å². The van der Waals surface area contributed by atoms with Crippen molar-refractivity contribution in [3.8, 4) is 0 Å². The first-order valence-corrected chi connectivity index (χ1v) is 10.0. The van der Waals surface area contributed by atoms with Crippen LogP contribution in [0.15, 0.2) is 60.9 Å². The lowest BCUT2D eigenvalue weighted by molar-refractivity contribution is 0.175. The largest absolute Gasteiger partial charge is 0.331 e. The van der Waals surface area contributed by atoms with E-state index < -0.39 is 0 Å². The Morgan fingerprint density at radius 2 is 1.65 bits per heavy atom. The van der Waals surface area contributed by atoms with Gasteiger partial charge >= 0.3 is 0 Å². The fourth-order valence-corrected chi connectivity index (χ4v) is 4.16. The van der Waals surface area contributed by atoms with Crippen molar-refractivity contribution in [3.05, 3.63) is 66.5 Å². The van der Waals surface area contributed by atoms with E-state index in [9.17, 15) is 0 Å². The van der Waals surface area contributed by atoms with Gasteiger partial charge in [0.15, 0.2) is 0 Å². The number of rotatable bonds is 7. The second-order valence-corrected chi connectivity index (χ2v) is 7.59. The summed E-state index contributed by atoms with van der Waals surface area (Å²) in [5.74, 6) is 0.863. The first kappa shape index (κ1) is 17.3. The number of piperidine rings is 1. The van der Waals surface area contributed by atoms with E-state index in [1.807, 2.05) is 6.33 Å². The molecule has 0 radical (unpaired) electrons. The molecule has 1 fully saturated rings. The van der Waals surface area contributed by atoms with Crippen LogP contribution in [0.2, 0.25) is 0 Å². The van der Waals surface area contributed by atoms with Gasteiger partial charge in [0.25, 0.3) is 0 Å². The molecule has 3 heteroatoms. The maximum atomic E-state index is 4.51. The molecular formula is C23H29N3. The first-order chi connectivity index (χ1) is 12.9. The molecule has 0 spiro atoms. The molecular weight excluding hydrogens is 318 g/mol. The highest BCUT2D eigenvalue weighted by molar-refractivity contribution is 5.74. The van der Waals surface area contributed by atoms with Crippen LogP contribution in [0.3, 0.4) is 0 Å². The minimum absolute atomic E-state index is 0.863. The summed E-state index contributed by atoms with van der Waals surface area (Å²) in [6.07, 6.45) is 8.45. The fourth-order valence-electron chi connectivity index (χ4n) is 4.16. The number of benzene rings is 2. The topological polar surface area (TPSA) is 21.1 Å². The van der Waals surface area contributed by atoms with Crippen LogP contribution >= 0.6 is 0 Å². The lowest BCUT2D eigenvalue weighted by atomic mass is 9.93. The molecule has 0 bridgehead atoms. The minimum Gasteiger partial charge on any atom is -0.331 e. The summed E-state index contributed by atoms with van der Waals surface area (Å²) in [6, 6.07) is 19.3. The van der Waals surface area contributed by atoms with Crippen molar-refractivity contribution in [2.45, 2.75) is 38.6 Å². The molecule has 0 amide bonds. The molecule has 26 heavy (non-hydrogen) atoms. The van der Waals surface area contributed by atoms with Gasteiger partial charge in [-0.15, -0.1) is 0 Å². The van der Waals surface area contributed by atoms with E-state index in [1.165, 1.54) is 62.8 Å². The SMILES string of the molecule is c1ccc(CCCN2CCC(CCn3cnc4ccccc43)CC2)cc1. The molecule has 4 rings (SSSR count). The summed E-state index contributed by atoms with van der Waals surface area (Å²) in [7, 11) is 0. The lowest BCUT2D eigenvalue weighted by Gasteiger charge is -2.32. The van der Waals surface area contributed by atoms with Crippen LogP contribution in [0, 0.1) is 5.92 Å². The van der Waals surface area contributed by atoms with Gasteiger partial charge in [0.1, 0.15) is 0 Å². The molecule has 2 heterocycles. The summed E-state index contributed by atoms with van der Waals surface area (Å²) >= 11 is 0. The summed E-state index contributed by atoms with van der Waals surface area (Å²) in [5, 5.41) is 0. The third-order valence-corrected chi connectivity index (χ3v) is 5.80. The summed E-state index contributed by atoms with van der Waals surface area (Å²) in [4.78, 5) is 7.17. The standard InChI is InChI=1S/C23H29N3/c1-2-7-20(8-3-1)9-6-15-25-16-12-21(13-17-25)14-18-26-19-24-22-10-4-5-11-23(22)26/h1-5,7-8,10-11,19,21H,6,9,12-18H2. The number of aryl methyl sites for hydroxylation is 2. The normalized spacial score (nSPS) is 16.3. The van der Waals surface area contributed by atoms with Crippen LogP contribution in [0.1, 0.15) is 31.2 Å². The average molecular weight is 348 g/mol. The molecule has 1 saturated heterocycles. The maximum absolute atomic E-state index is 4.51. The second kappa shape index (κ2) is 8.50. The third-order valence-electron chi connectivity index (χ3n) is 5.80. The number of aromatic nitrogens is 2. The maximum Gasteiger partial charge on any atom is 0.0958 e. The Morgan fingerprint density at radius 3 is 2.50 bits per heavy atom. The van der Waals surface area contributed by atoms with Gasteiger partial charge in [-0.1, -0.05) is 42.5 Å². The van der Waals surface area contributed by atoms with Crippen molar-refractivity contribution in [2.24, 2.45) is 5.92 Å². The number of nitrogens with zero attached hydrogens (tertiary/aromatic N) is 3.